The molecule has 0 radical (unpaired) electrons. The highest BCUT2D eigenvalue weighted by atomic mass is 16.5. The van der Waals surface area contributed by atoms with Gasteiger partial charge in [-0.05, 0) is 54.8 Å². The number of anilines is 1. The summed E-state index contributed by atoms with van der Waals surface area (Å²) in [7, 11) is 3.26. The van der Waals surface area contributed by atoms with E-state index in [1.54, 1.807) is 14.2 Å². The molecule has 4 rings (SSSR count). The van der Waals surface area contributed by atoms with E-state index in [-0.39, 0.29) is 11.8 Å². The van der Waals surface area contributed by atoms with Gasteiger partial charge in [-0.25, -0.2) is 0 Å². The Morgan fingerprint density at radius 2 is 1.61 bits per heavy atom. The Morgan fingerprint density at radius 1 is 1.00 bits per heavy atom. The minimum Gasteiger partial charge on any atom is -0.497 e. The van der Waals surface area contributed by atoms with E-state index in [1.165, 1.54) is 0 Å². The SMILES string of the molecule is COc1ccc(CNC(=O)C2CCN(c3nnc(-c4ccc(OC)cc4)o3)CC2)cc1. The summed E-state index contributed by atoms with van der Waals surface area (Å²) in [5, 5.41) is 11.4. The Kier molecular flexibility index (Phi) is 6.35. The summed E-state index contributed by atoms with van der Waals surface area (Å²) in [5.74, 6) is 2.12. The average molecular weight is 422 g/mol. The van der Waals surface area contributed by atoms with Gasteiger partial charge in [0.2, 0.25) is 11.8 Å². The molecule has 1 amide bonds. The molecular weight excluding hydrogens is 396 g/mol. The molecule has 31 heavy (non-hydrogen) atoms. The zero-order valence-corrected chi connectivity index (χ0v) is 17.7. The molecule has 2 aromatic carbocycles. The molecule has 0 aliphatic carbocycles. The van der Waals surface area contributed by atoms with Gasteiger partial charge in [0.25, 0.3) is 0 Å². The molecule has 1 aliphatic heterocycles. The van der Waals surface area contributed by atoms with Crippen LogP contribution in [0.5, 0.6) is 11.5 Å². The van der Waals surface area contributed by atoms with Crippen molar-refractivity contribution in [3.63, 3.8) is 0 Å². The monoisotopic (exact) mass is 422 g/mol. The van der Waals surface area contributed by atoms with Gasteiger partial charge in [-0.15, -0.1) is 5.10 Å². The van der Waals surface area contributed by atoms with E-state index < -0.39 is 0 Å². The second-order valence-corrected chi connectivity index (χ2v) is 7.45. The number of amides is 1. The smallest absolute Gasteiger partial charge is 0.318 e. The van der Waals surface area contributed by atoms with Crippen LogP contribution in [0.15, 0.2) is 52.9 Å². The van der Waals surface area contributed by atoms with Crippen LogP contribution < -0.4 is 19.7 Å². The van der Waals surface area contributed by atoms with Crippen molar-refractivity contribution >= 4 is 11.9 Å². The number of methoxy groups -OCH3 is 2. The van der Waals surface area contributed by atoms with Gasteiger partial charge in [0.15, 0.2) is 0 Å². The van der Waals surface area contributed by atoms with Crippen LogP contribution in [0.2, 0.25) is 0 Å². The Hall–Kier alpha value is -3.55. The molecule has 3 aromatic rings. The van der Waals surface area contributed by atoms with Gasteiger partial charge in [0, 0.05) is 31.1 Å². The fraction of sp³-hybridized carbons (Fsp3) is 0.348. The molecule has 2 heterocycles. The molecule has 0 bridgehead atoms. The topological polar surface area (TPSA) is 89.7 Å². The zero-order valence-electron chi connectivity index (χ0n) is 17.7. The molecule has 1 N–H and O–H groups in total. The highest BCUT2D eigenvalue weighted by molar-refractivity contribution is 5.79. The molecule has 8 nitrogen and oxygen atoms in total. The Labute approximate surface area is 181 Å². The van der Waals surface area contributed by atoms with Crippen LogP contribution >= 0.6 is 0 Å². The summed E-state index contributed by atoms with van der Waals surface area (Å²) < 4.78 is 16.2. The first-order valence-electron chi connectivity index (χ1n) is 10.3. The number of hydrogen-bond donors (Lipinski definition) is 1. The van der Waals surface area contributed by atoms with E-state index in [1.807, 2.05) is 53.4 Å². The number of benzene rings is 2. The summed E-state index contributed by atoms with van der Waals surface area (Å²) in [4.78, 5) is 14.6. The number of ether oxygens (including phenoxy) is 2. The second kappa shape index (κ2) is 9.51. The largest absolute Gasteiger partial charge is 0.497 e. The molecule has 162 valence electrons. The number of aromatic nitrogens is 2. The lowest BCUT2D eigenvalue weighted by Crippen LogP contribution is -2.40. The van der Waals surface area contributed by atoms with Gasteiger partial charge in [0.1, 0.15) is 11.5 Å². The first-order valence-corrected chi connectivity index (χ1v) is 10.3. The van der Waals surface area contributed by atoms with Gasteiger partial charge in [-0.2, -0.15) is 0 Å². The normalized spacial score (nSPS) is 14.3. The van der Waals surface area contributed by atoms with Crippen molar-refractivity contribution in [1.29, 1.82) is 0 Å². The molecule has 1 fully saturated rings. The lowest BCUT2D eigenvalue weighted by Gasteiger charge is -2.29. The van der Waals surface area contributed by atoms with Crippen LogP contribution in [0.3, 0.4) is 0 Å². The third-order valence-corrected chi connectivity index (χ3v) is 5.51. The lowest BCUT2D eigenvalue weighted by molar-refractivity contribution is -0.125. The molecule has 1 aliphatic rings. The van der Waals surface area contributed by atoms with Crippen molar-refractivity contribution in [1.82, 2.24) is 15.5 Å². The minimum atomic E-state index is -0.0153. The predicted octanol–water partition coefficient (Wildman–Crippen LogP) is 3.29. The number of nitrogens with one attached hydrogen (secondary N) is 1. The molecule has 1 saturated heterocycles. The second-order valence-electron chi connectivity index (χ2n) is 7.45. The first-order chi connectivity index (χ1) is 15.2. The maximum Gasteiger partial charge on any atom is 0.318 e. The van der Waals surface area contributed by atoms with Crippen molar-refractivity contribution in [3.05, 3.63) is 54.1 Å². The molecular formula is C23H26N4O4. The lowest BCUT2D eigenvalue weighted by atomic mass is 9.96. The molecule has 0 spiro atoms. The van der Waals surface area contributed by atoms with Gasteiger partial charge >= 0.3 is 6.01 Å². The maximum atomic E-state index is 12.6. The molecule has 8 heteroatoms. The van der Waals surface area contributed by atoms with Crippen molar-refractivity contribution < 1.29 is 18.7 Å². The van der Waals surface area contributed by atoms with Crippen LogP contribution in [0.4, 0.5) is 6.01 Å². The van der Waals surface area contributed by atoms with Crippen molar-refractivity contribution in [2.45, 2.75) is 19.4 Å². The van der Waals surface area contributed by atoms with E-state index in [0.29, 0.717) is 31.5 Å². The Balaban J connectivity index is 1.28. The number of carbonyl (C=O) groups is 1. The number of piperidine rings is 1. The van der Waals surface area contributed by atoms with Gasteiger partial charge in [-0.1, -0.05) is 17.2 Å². The molecule has 0 saturated carbocycles. The van der Waals surface area contributed by atoms with E-state index in [2.05, 4.69) is 15.5 Å². The highest BCUT2D eigenvalue weighted by Gasteiger charge is 2.27. The van der Waals surface area contributed by atoms with Crippen LogP contribution in [0, 0.1) is 5.92 Å². The summed E-state index contributed by atoms with van der Waals surface area (Å²) in [5.41, 5.74) is 1.89. The third-order valence-electron chi connectivity index (χ3n) is 5.51. The van der Waals surface area contributed by atoms with E-state index in [0.717, 1.165) is 35.5 Å². The number of rotatable bonds is 7. The summed E-state index contributed by atoms with van der Waals surface area (Å²) >= 11 is 0. The molecule has 0 atom stereocenters. The number of nitrogens with zero attached hydrogens (tertiary/aromatic N) is 3. The van der Waals surface area contributed by atoms with E-state index in [9.17, 15) is 4.79 Å². The van der Waals surface area contributed by atoms with Crippen molar-refractivity contribution in [3.8, 4) is 23.0 Å². The number of hydrogen-bond acceptors (Lipinski definition) is 7. The average Bonchev–Trinajstić information content (AvgIpc) is 3.33. The Morgan fingerprint density at radius 3 is 2.23 bits per heavy atom. The minimum absolute atomic E-state index is 0.0153. The maximum absolute atomic E-state index is 12.6. The summed E-state index contributed by atoms with van der Waals surface area (Å²) in [6.07, 6.45) is 1.49. The van der Waals surface area contributed by atoms with E-state index >= 15 is 0 Å². The van der Waals surface area contributed by atoms with E-state index in [4.69, 9.17) is 13.9 Å². The van der Waals surface area contributed by atoms with Crippen LogP contribution in [0.1, 0.15) is 18.4 Å². The predicted molar refractivity (Wildman–Crippen MR) is 116 cm³/mol. The molecule has 1 aromatic heterocycles. The van der Waals surface area contributed by atoms with Crippen LogP contribution in [-0.4, -0.2) is 43.4 Å². The number of carbonyl (C=O) groups excluding carboxylic acids is 1. The Bertz CT molecular complexity index is 993. The quantitative estimate of drug-likeness (QED) is 0.625. The van der Waals surface area contributed by atoms with Crippen molar-refractivity contribution in [2.24, 2.45) is 5.92 Å². The first kappa shape index (κ1) is 20.7. The van der Waals surface area contributed by atoms with Gasteiger partial charge in [0.05, 0.1) is 14.2 Å². The van der Waals surface area contributed by atoms with Crippen LogP contribution in [-0.2, 0) is 11.3 Å². The third kappa shape index (κ3) is 4.96. The standard InChI is InChI=1S/C23H26N4O4/c1-29-19-7-3-16(4-8-19)15-24-21(28)17-11-13-27(14-12-17)23-26-25-22(31-23)18-5-9-20(30-2)10-6-18/h3-10,17H,11-15H2,1-2H3,(H,24,28). The van der Waals surface area contributed by atoms with Crippen LogP contribution in [0.25, 0.3) is 11.5 Å². The molecule has 0 unspecified atom stereocenters. The van der Waals surface area contributed by atoms with Crippen molar-refractivity contribution in [2.75, 3.05) is 32.2 Å². The fourth-order valence-electron chi connectivity index (χ4n) is 3.60. The van der Waals surface area contributed by atoms with Gasteiger partial charge in [-0.3, -0.25) is 4.79 Å². The highest BCUT2D eigenvalue weighted by Crippen LogP contribution is 2.27. The fourth-order valence-corrected chi connectivity index (χ4v) is 3.60. The van der Waals surface area contributed by atoms with Gasteiger partial charge < -0.3 is 24.1 Å². The zero-order chi connectivity index (χ0) is 21.6. The summed E-state index contributed by atoms with van der Waals surface area (Å²) in [6, 6.07) is 15.7. The summed E-state index contributed by atoms with van der Waals surface area (Å²) in [6.45, 7) is 1.91.